The summed E-state index contributed by atoms with van der Waals surface area (Å²) in [6.45, 7) is 2.91. The highest BCUT2D eigenvalue weighted by Gasteiger charge is 2.14. The van der Waals surface area contributed by atoms with Gasteiger partial charge in [-0.3, -0.25) is 4.98 Å². The second kappa shape index (κ2) is 4.85. The highest BCUT2D eigenvalue weighted by Crippen LogP contribution is 2.31. The summed E-state index contributed by atoms with van der Waals surface area (Å²) in [5.74, 6) is 1.60. The summed E-state index contributed by atoms with van der Waals surface area (Å²) in [5, 5.41) is 0. The number of benzene rings is 1. The Morgan fingerprint density at radius 3 is 2.85 bits per heavy atom. The van der Waals surface area contributed by atoms with Crippen LogP contribution >= 0.6 is 0 Å². The lowest BCUT2D eigenvalue weighted by molar-refractivity contribution is 0.415. The van der Waals surface area contributed by atoms with Crippen molar-refractivity contribution < 1.29 is 4.74 Å². The first-order valence-electron chi connectivity index (χ1n) is 6.48. The molecule has 3 rings (SSSR count). The molecule has 0 amide bonds. The number of hydrogen-bond acceptors (Lipinski definition) is 4. The fourth-order valence-electron chi connectivity index (χ4n) is 2.38. The molecule has 0 radical (unpaired) electrons. The van der Waals surface area contributed by atoms with Gasteiger partial charge < -0.3 is 15.0 Å². The Labute approximate surface area is 117 Å². The predicted octanol–water partition coefficient (Wildman–Crippen LogP) is 2.71. The lowest BCUT2D eigenvalue weighted by Crippen LogP contribution is -2.00. The molecule has 0 aliphatic heterocycles. The van der Waals surface area contributed by atoms with Gasteiger partial charge in [0.25, 0.3) is 0 Å². The third kappa shape index (κ3) is 1.87. The van der Waals surface area contributed by atoms with Crippen LogP contribution in [-0.2, 0) is 6.54 Å². The van der Waals surface area contributed by atoms with E-state index in [9.17, 15) is 0 Å². The summed E-state index contributed by atoms with van der Waals surface area (Å²) in [4.78, 5) is 8.77. The first kappa shape index (κ1) is 12.5. The number of pyridine rings is 1. The maximum Gasteiger partial charge on any atom is 0.143 e. The third-order valence-corrected chi connectivity index (χ3v) is 3.37. The number of imidazole rings is 1. The normalized spacial score (nSPS) is 10.9. The number of nitrogen functional groups attached to an aromatic ring is 1. The smallest absolute Gasteiger partial charge is 0.143 e. The molecule has 0 atom stereocenters. The highest BCUT2D eigenvalue weighted by molar-refractivity contribution is 5.83. The van der Waals surface area contributed by atoms with E-state index < -0.39 is 0 Å². The van der Waals surface area contributed by atoms with E-state index in [1.54, 1.807) is 19.5 Å². The minimum atomic E-state index is 0.655. The second-order valence-corrected chi connectivity index (χ2v) is 4.50. The molecule has 0 saturated carbocycles. The van der Waals surface area contributed by atoms with Crippen LogP contribution in [0, 0.1) is 0 Å². The van der Waals surface area contributed by atoms with Crippen molar-refractivity contribution in [2.75, 3.05) is 12.8 Å². The maximum absolute atomic E-state index is 6.13. The number of aryl methyl sites for hydroxylation is 1. The van der Waals surface area contributed by atoms with Crippen LogP contribution in [0.4, 0.5) is 5.69 Å². The van der Waals surface area contributed by atoms with Crippen LogP contribution in [-0.4, -0.2) is 21.6 Å². The number of fused-ring (bicyclic) bond motifs is 1. The summed E-state index contributed by atoms with van der Waals surface area (Å²) in [6.07, 6.45) is 3.54. The molecule has 5 nitrogen and oxygen atoms in total. The van der Waals surface area contributed by atoms with Gasteiger partial charge in [0.2, 0.25) is 0 Å². The fourth-order valence-corrected chi connectivity index (χ4v) is 2.38. The number of ether oxygens (including phenoxy) is 1. The molecule has 0 fully saturated rings. The molecule has 0 aliphatic carbocycles. The fraction of sp³-hybridized carbons (Fsp3) is 0.200. The number of nitrogens with zero attached hydrogens (tertiary/aromatic N) is 3. The number of rotatable bonds is 3. The van der Waals surface area contributed by atoms with Crippen LogP contribution in [0.1, 0.15) is 6.92 Å². The summed E-state index contributed by atoms with van der Waals surface area (Å²) < 4.78 is 7.32. The van der Waals surface area contributed by atoms with E-state index in [0.29, 0.717) is 5.69 Å². The highest BCUT2D eigenvalue weighted by atomic mass is 16.5. The van der Waals surface area contributed by atoms with E-state index in [1.807, 2.05) is 24.3 Å². The lowest BCUT2D eigenvalue weighted by atomic mass is 10.1. The standard InChI is InChI=1S/C15H16N4O/c1-3-19-14-6-7-17-9-13(14)18-15(19)11-5-4-10(20-2)8-12(11)16/h4-9H,3,16H2,1-2H3. The first-order chi connectivity index (χ1) is 9.74. The summed E-state index contributed by atoms with van der Waals surface area (Å²) in [7, 11) is 1.63. The average Bonchev–Trinajstić information content (AvgIpc) is 2.85. The molecule has 0 spiro atoms. The second-order valence-electron chi connectivity index (χ2n) is 4.50. The van der Waals surface area contributed by atoms with E-state index in [-0.39, 0.29) is 0 Å². The van der Waals surface area contributed by atoms with Crippen molar-refractivity contribution in [2.45, 2.75) is 13.5 Å². The molecule has 2 N–H and O–H groups in total. The van der Waals surface area contributed by atoms with Crippen molar-refractivity contribution in [3.05, 3.63) is 36.7 Å². The SMILES string of the molecule is CCn1c(-c2ccc(OC)cc2N)nc2cnccc21. The Balaban J connectivity index is 2.23. The molecule has 2 heterocycles. The van der Waals surface area contributed by atoms with Gasteiger partial charge in [-0.25, -0.2) is 4.98 Å². The van der Waals surface area contributed by atoms with Gasteiger partial charge in [-0.1, -0.05) is 0 Å². The van der Waals surface area contributed by atoms with Gasteiger partial charge in [0.1, 0.15) is 17.1 Å². The number of methoxy groups -OCH3 is 1. The van der Waals surface area contributed by atoms with E-state index in [0.717, 1.165) is 34.7 Å². The van der Waals surface area contributed by atoms with Gasteiger partial charge in [0.05, 0.1) is 18.8 Å². The van der Waals surface area contributed by atoms with Crippen LogP contribution < -0.4 is 10.5 Å². The van der Waals surface area contributed by atoms with Crippen LogP contribution in [0.3, 0.4) is 0 Å². The molecule has 1 aromatic carbocycles. The van der Waals surface area contributed by atoms with Gasteiger partial charge in [-0.15, -0.1) is 0 Å². The lowest BCUT2D eigenvalue weighted by Gasteiger charge is -2.09. The third-order valence-electron chi connectivity index (χ3n) is 3.37. The number of nitrogens with two attached hydrogens (primary N) is 1. The molecule has 5 heteroatoms. The molecule has 20 heavy (non-hydrogen) atoms. The molecular weight excluding hydrogens is 252 g/mol. The zero-order valence-corrected chi connectivity index (χ0v) is 11.5. The Bertz CT molecular complexity index is 764. The largest absolute Gasteiger partial charge is 0.497 e. The van der Waals surface area contributed by atoms with E-state index in [2.05, 4.69) is 21.5 Å². The zero-order valence-electron chi connectivity index (χ0n) is 11.5. The number of aromatic nitrogens is 3. The van der Waals surface area contributed by atoms with E-state index in [1.165, 1.54) is 0 Å². The number of anilines is 1. The predicted molar refractivity (Wildman–Crippen MR) is 79.6 cm³/mol. The Morgan fingerprint density at radius 1 is 1.30 bits per heavy atom. The molecule has 3 aromatic rings. The average molecular weight is 268 g/mol. The monoisotopic (exact) mass is 268 g/mol. The summed E-state index contributed by atoms with van der Waals surface area (Å²) in [5.41, 5.74) is 9.62. The first-order valence-corrected chi connectivity index (χ1v) is 6.48. The summed E-state index contributed by atoms with van der Waals surface area (Å²) >= 11 is 0. The van der Waals surface area contributed by atoms with Gasteiger partial charge in [0, 0.05) is 30.1 Å². The zero-order chi connectivity index (χ0) is 14.1. The number of hydrogen-bond donors (Lipinski definition) is 1. The topological polar surface area (TPSA) is 66.0 Å². The van der Waals surface area contributed by atoms with Crippen LogP contribution in [0.25, 0.3) is 22.4 Å². The molecule has 2 aromatic heterocycles. The molecule has 0 unspecified atom stereocenters. The van der Waals surface area contributed by atoms with Gasteiger partial charge in [-0.2, -0.15) is 0 Å². The van der Waals surface area contributed by atoms with Crippen molar-refractivity contribution in [3.8, 4) is 17.1 Å². The molecular formula is C15H16N4O. The van der Waals surface area contributed by atoms with Gasteiger partial charge in [0.15, 0.2) is 0 Å². The Kier molecular flexibility index (Phi) is 3.02. The van der Waals surface area contributed by atoms with E-state index in [4.69, 9.17) is 10.5 Å². The van der Waals surface area contributed by atoms with E-state index >= 15 is 0 Å². The van der Waals surface area contributed by atoms with Crippen LogP contribution in [0.5, 0.6) is 5.75 Å². The Morgan fingerprint density at radius 2 is 2.15 bits per heavy atom. The van der Waals surface area contributed by atoms with Crippen molar-refractivity contribution >= 4 is 16.7 Å². The molecule has 102 valence electrons. The van der Waals surface area contributed by atoms with Crippen molar-refractivity contribution in [1.29, 1.82) is 0 Å². The van der Waals surface area contributed by atoms with Crippen LogP contribution in [0.15, 0.2) is 36.7 Å². The minimum Gasteiger partial charge on any atom is -0.497 e. The van der Waals surface area contributed by atoms with Crippen molar-refractivity contribution in [2.24, 2.45) is 0 Å². The quantitative estimate of drug-likeness (QED) is 0.742. The molecule has 0 aliphatic rings. The van der Waals surface area contributed by atoms with Crippen molar-refractivity contribution in [3.63, 3.8) is 0 Å². The summed E-state index contributed by atoms with van der Waals surface area (Å²) in [6, 6.07) is 7.61. The molecule has 0 bridgehead atoms. The maximum atomic E-state index is 6.13. The molecule has 0 saturated heterocycles. The van der Waals surface area contributed by atoms with Gasteiger partial charge >= 0.3 is 0 Å². The van der Waals surface area contributed by atoms with Crippen molar-refractivity contribution in [1.82, 2.24) is 14.5 Å². The van der Waals surface area contributed by atoms with Gasteiger partial charge in [-0.05, 0) is 25.1 Å². The minimum absolute atomic E-state index is 0.655. The Hall–Kier alpha value is -2.56. The van der Waals surface area contributed by atoms with Crippen LogP contribution in [0.2, 0.25) is 0 Å².